The van der Waals surface area contributed by atoms with Gasteiger partial charge in [0.15, 0.2) is 11.6 Å². The summed E-state index contributed by atoms with van der Waals surface area (Å²) in [5.41, 5.74) is 0.718. The molecule has 0 spiro atoms. The first-order chi connectivity index (χ1) is 14.8. The van der Waals surface area contributed by atoms with Gasteiger partial charge in [0, 0.05) is 11.8 Å². The molecule has 162 valence electrons. The Hall–Kier alpha value is -3.30. The van der Waals surface area contributed by atoms with Crippen molar-refractivity contribution in [3.05, 3.63) is 90.0 Å². The van der Waals surface area contributed by atoms with Crippen LogP contribution in [0.1, 0.15) is 5.56 Å². The molecule has 2 N–H and O–H groups in total. The number of hydrogen-bond donors (Lipinski definition) is 2. The summed E-state index contributed by atoms with van der Waals surface area (Å²) in [4.78, 5) is 12.8. The molecule has 1 unspecified atom stereocenters. The van der Waals surface area contributed by atoms with Crippen molar-refractivity contribution in [3.8, 4) is 5.75 Å². The Kier molecular flexibility index (Phi) is 6.98. The maximum absolute atomic E-state index is 13.5. The van der Waals surface area contributed by atoms with Crippen LogP contribution in [0.25, 0.3) is 0 Å². The molecular formula is C22H20F2N2O4S. The minimum absolute atomic E-state index is 0.00519. The molecule has 0 aliphatic carbocycles. The van der Waals surface area contributed by atoms with Crippen molar-refractivity contribution < 1.29 is 26.7 Å². The van der Waals surface area contributed by atoms with E-state index < -0.39 is 33.6 Å². The number of hydrogen-bond acceptors (Lipinski definition) is 4. The molecule has 0 radical (unpaired) electrons. The number of carbonyl (C=O) groups excluding carboxylic acids is 1. The molecule has 0 aromatic heterocycles. The van der Waals surface area contributed by atoms with Crippen molar-refractivity contribution in [2.75, 3.05) is 12.4 Å². The van der Waals surface area contributed by atoms with Gasteiger partial charge in [-0.05, 0) is 48.4 Å². The summed E-state index contributed by atoms with van der Waals surface area (Å²) >= 11 is 0. The molecule has 0 bridgehead atoms. The van der Waals surface area contributed by atoms with Crippen molar-refractivity contribution in [2.45, 2.75) is 17.4 Å². The van der Waals surface area contributed by atoms with Gasteiger partial charge in [-0.15, -0.1) is 0 Å². The fourth-order valence-electron chi connectivity index (χ4n) is 2.85. The van der Waals surface area contributed by atoms with Gasteiger partial charge in [-0.2, -0.15) is 4.72 Å². The molecular weight excluding hydrogens is 426 g/mol. The van der Waals surface area contributed by atoms with Crippen LogP contribution in [-0.2, 0) is 21.2 Å². The monoisotopic (exact) mass is 446 g/mol. The first kappa shape index (κ1) is 22.4. The second kappa shape index (κ2) is 9.67. The molecule has 0 saturated heterocycles. The molecule has 9 heteroatoms. The van der Waals surface area contributed by atoms with Gasteiger partial charge in [0.2, 0.25) is 15.9 Å². The molecule has 3 aromatic carbocycles. The molecule has 3 aromatic rings. The lowest BCUT2D eigenvalue weighted by molar-refractivity contribution is -0.117. The molecule has 0 heterocycles. The molecule has 31 heavy (non-hydrogen) atoms. The highest BCUT2D eigenvalue weighted by Gasteiger charge is 2.26. The van der Waals surface area contributed by atoms with Gasteiger partial charge in [-0.25, -0.2) is 17.2 Å². The van der Waals surface area contributed by atoms with E-state index in [1.54, 1.807) is 30.3 Å². The van der Waals surface area contributed by atoms with Crippen molar-refractivity contribution in [1.82, 2.24) is 4.72 Å². The minimum atomic E-state index is -4.06. The first-order valence-electron chi connectivity index (χ1n) is 9.25. The quantitative estimate of drug-likeness (QED) is 0.555. The number of benzene rings is 3. The molecule has 1 atom stereocenters. The summed E-state index contributed by atoms with van der Waals surface area (Å²) in [5.74, 6) is -2.42. The molecule has 6 nitrogen and oxygen atoms in total. The van der Waals surface area contributed by atoms with E-state index in [0.29, 0.717) is 11.3 Å². The van der Waals surface area contributed by atoms with Gasteiger partial charge >= 0.3 is 0 Å². The normalized spacial score (nSPS) is 12.2. The predicted octanol–water partition coefficient (Wildman–Crippen LogP) is 3.50. The Morgan fingerprint density at radius 2 is 1.65 bits per heavy atom. The van der Waals surface area contributed by atoms with Crippen molar-refractivity contribution in [3.63, 3.8) is 0 Å². The average Bonchev–Trinajstić information content (AvgIpc) is 2.76. The minimum Gasteiger partial charge on any atom is -0.497 e. The van der Waals surface area contributed by atoms with Crippen LogP contribution in [0.15, 0.2) is 77.7 Å². The van der Waals surface area contributed by atoms with E-state index in [9.17, 15) is 22.0 Å². The van der Waals surface area contributed by atoms with Crippen molar-refractivity contribution in [2.24, 2.45) is 0 Å². The molecule has 0 fully saturated rings. The topological polar surface area (TPSA) is 84.5 Å². The molecule has 3 rings (SSSR count). The van der Waals surface area contributed by atoms with Gasteiger partial charge in [-0.1, -0.05) is 30.3 Å². The summed E-state index contributed by atoms with van der Waals surface area (Å²) in [6.45, 7) is 0. The number of nitrogens with one attached hydrogen (secondary N) is 2. The fraction of sp³-hybridized carbons (Fsp3) is 0.136. The Balaban J connectivity index is 1.85. The third-order valence-corrected chi connectivity index (χ3v) is 5.94. The van der Waals surface area contributed by atoms with E-state index in [1.807, 2.05) is 0 Å². The van der Waals surface area contributed by atoms with E-state index >= 15 is 0 Å². The maximum atomic E-state index is 13.5. The highest BCUT2D eigenvalue weighted by molar-refractivity contribution is 7.89. The molecule has 0 aliphatic heterocycles. The third-order valence-electron chi connectivity index (χ3n) is 4.45. The second-order valence-electron chi connectivity index (χ2n) is 6.66. The zero-order valence-corrected chi connectivity index (χ0v) is 17.3. The fourth-order valence-corrected chi connectivity index (χ4v) is 4.05. The predicted molar refractivity (Wildman–Crippen MR) is 112 cm³/mol. The largest absolute Gasteiger partial charge is 0.497 e. The molecule has 1 amide bonds. The van der Waals surface area contributed by atoms with Crippen LogP contribution in [0, 0.1) is 11.6 Å². The van der Waals surface area contributed by atoms with E-state index in [2.05, 4.69) is 10.0 Å². The summed E-state index contributed by atoms with van der Waals surface area (Å²) in [7, 11) is -2.60. The van der Waals surface area contributed by atoms with E-state index in [4.69, 9.17) is 4.74 Å². The lowest BCUT2D eigenvalue weighted by atomic mass is 10.1. The van der Waals surface area contributed by atoms with Gasteiger partial charge in [0.05, 0.1) is 12.0 Å². The van der Waals surface area contributed by atoms with Gasteiger partial charge in [0.25, 0.3) is 0 Å². The van der Waals surface area contributed by atoms with E-state index in [0.717, 1.165) is 12.1 Å². The first-order valence-corrected chi connectivity index (χ1v) is 10.7. The number of amides is 1. The van der Waals surface area contributed by atoms with Crippen LogP contribution < -0.4 is 14.8 Å². The zero-order valence-electron chi connectivity index (χ0n) is 16.5. The molecule has 0 saturated carbocycles. The highest BCUT2D eigenvalue weighted by atomic mass is 32.2. The maximum Gasteiger partial charge on any atom is 0.242 e. The number of anilines is 1. The van der Waals surface area contributed by atoms with Crippen LogP contribution in [0.5, 0.6) is 5.75 Å². The van der Waals surface area contributed by atoms with Crippen LogP contribution in [0.2, 0.25) is 0 Å². The lowest BCUT2D eigenvalue weighted by Crippen LogP contribution is -2.45. The summed E-state index contributed by atoms with van der Waals surface area (Å²) in [6.07, 6.45) is 0.0474. The smallest absolute Gasteiger partial charge is 0.242 e. The SMILES string of the molecule is COc1ccc(S(=O)(=O)NC(Cc2ccccc2)C(=O)Nc2ccc(F)c(F)c2)cc1. The van der Waals surface area contributed by atoms with E-state index in [1.165, 1.54) is 37.4 Å². The summed E-state index contributed by atoms with van der Waals surface area (Å²) < 4.78 is 59.8. The van der Waals surface area contributed by atoms with Gasteiger partial charge in [-0.3, -0.25) is 4.79 Å². The van der Waals surface area contributed by atoms with Crippen LogP contribution >= 0.6 is 0 Å². The summed E-state index contributed by atoms with van der Waals surface area (Å²) in [5, 5.41) is 2.43. The number of ether oxygens (including phenoxy) is 1. The Bertz CT molecular complexity index is 1150. The zero-order chi connectivity index (χ0) is 22.4. The Morgan fingerprint density at radius 3 is 2.26 bits per heavy atom. The Labute approximate surface area is 178 Å². The number of carbonyl (C=O) groups is 1. The highest BCUT2D eigenvalue weighted by Crippen LogP contribution is 2.18. The number of rotatable bonds is 8. The number of sulfonamides is 1. The van der Waals surface area contributed by atoms with Crippen molar-refractivity contribution >= 4 is 21.6 Å². The van der Waals surface area contributed by atoms with Gasteiger partial charge < -0.3 is 10.1 Å². The average molecular weight is 446 g/mol. The van der Waals surface area contributed by atoms with Crippen LogP contribution in [-0.4, -0.2) is 27.5 Å². The standard InChI is InChI=1S/C22H20F2N2O4S/c1-30-17-8-10-18(11-9-17)31(28,29)26-21(13-15-5-3-2-4-6-15)22(27)25-16-7-12-19(23)20(24)14-16/h2-12,14,21,26H,13H2,1H3,(H,25,27). The van der Waals surface area contributed by atoms with E-state index in [-0.39, 0.29) is 17.0 Å². The second-order valence-corrected chi connectivity index (χ2v) is 8.37. The van der Waals surface area contributed by atoms with Crippen LogP contribution in [0.3, 0.4) is 0 Å². The Morgan fingerprint density at radius 1 is 0.968 bits per heavy atom. The molecule has 0 aliphatic rings. The lowest BCUT2D eigenvalue weighted by Gasteiger charge is -2.19. The number of halogens is 2. The summed E-state index contributed by atoms with van der Waals surface area (Å²) in [6, 6.07) is 16.2. The third kappa shape index (κ3) is 5.87. The number of methoxy groups -OCH3 is 1. The van der Waals surface area contributed by atoms with Gasteiger partial charge in [0.1, 0.15) is 11.8 Å². The van der Waals surface area contributed by atoms with Crippen LogP contribution in [0.4, 0.5) is 14.5 Å². The van der Waals surface area contributed by atoms with Crippen molar-refractivity contribution in [1.29, 1.82) is 0 Å².